The van der Waals surface area contributed by atoms with Gasteiger partial charge in [0.05, 0.1) is 18.1 Å². The molecule has 1 unspecified atom stereocenters. The zero-order valence-electron chi connectivity index (χ0n) is 12.8. The van der Waals surface area contributed by atoms with Crippen LogP contribution in [0.15, 0.2) is 33.7 Å². The number of hydrogen-bond acceptors (Lipinski definition) is 4. The number of nitrogens with zero attached hydrogens (tertiary/aromatic N) is 1. The Kier molecular flexibility index (Phi) is 8.62. The number of ether oxygens (including phenoxy) is 1. The van der Waals surface area contributed by atoms with Crippen LogP contribution in [0.4, 0.5) is 0 Å². The van der Waals surface area contributed by atoms with E-state index in [0.717, 1.165) is 10.2 Å². The number of aliphatic imine (C=N–C) groups is 1. The molecule has 1 aromatic carbocycles. The molecule has 1 aromatic rings. The largest absolute Gasteiger partial charge is 0.492 e. The van der Waals surface area contributed by atoms with Gasteiger partial charge in [-0.2, -0.15) is 0 Å². The van der Waals surface area contributed by atoms with E-state index >= 15 is 0 Å². The predicted molar refractivity (Wildman–Crippen MR) is 107 cm³/mol. The maximum atomic E-state index is 11.4. The summed E-state index contributed by atoms with van der Waals surface area (Å²) in [6, 6.07) is 7.55. The molecule has 23 heavy (non-hydrogen) atoms. The fraction of sp³-hybridized carbons (Fsp3) is 0.500. The molecule has 2 N–H and O–H groups in total. The summed E-state index contributed by atoms with van der Waals surface area (Å²) in [7, 11) is -1.23. The third-order valence-electron chi connectivity index (χ3n) is 3.27. The summed E-state index contributed by atoms with van der Waals surface area (Å²) in [6.45, 7) is 1.07. The molecule has 130 valence electrons. The van der Waals surface area contributed by atoms with E-state index in [1.165, 1.54) is 0 Å². The second kappa shape index (κ2) is 9.67. The molecule has 0 bridgehead atoms. The fourth-order valence-corrected chi connectivity index (χ4v) is 4.10. The second-order valence-electron chi connectivity index (χ2n) is 5.05. The van der Waals surface area contributed by atoms with Crippen molar-refractivity contribution >= 4 is 55.7 Å². The first kappa shape index (κ1) is 20.5. The Hall–Kier alpha value is -0.550. The van der Waals surface area contributed by atoms with E-state index in [1.807, 2.05) is 24.3 Å². The van der Waals surface area contributed by atoms with Crippen LogP contribution in [0.5, 0.6) is 5.75 Å². The topological polar surface area (TPSA) is 79.8 Å². The standard InChI is InChI=1S/C14H20BrN3O3S.HI/c1-16-14(18-12-6-9-22(19,20)10-12)17-7-8-21-13-4-2-11(15)3-5-13;/h2-5,12H,6-10H2,1H3,(H2,16,17,18);1H. The lowest BCUT2D eigenvalue weighted by Gasteiger charge is -2.16. The van der Waals surface area contributed by atoms with Gasteiger partial charge in [0, 0.05) is 17.6 Å². The van der Waals surface area contributed by atoms with Crippen molar-refractivity contribution in [3.05, 3.63) is 28.7 Å². The average molecular weight is 518 g/mol. The van der Waals surface area contributed by atoms with Crippen LogP contribution in [0.2, 0.25) is 0 Å². The molecule has 0 radical (unpaired) electrons. The van der Waals surface area contributed by atoms with Gasteiger partial charge >= 0.3 is 0 Å². The molecule has 1 aliphatic rings. The zero-order valence-corrected chi connectivity index (χ0v) is 17.5. The number of rotatable bonds is 5. The smallest absolute Gasteiger partial charge is 0.191 e. The lowest BCUT2D eigenvalue weighted by Crippen LogP contribution is -2.45. The van der Waals surface area contributed by atoms with Crippen molar-refractivity contribution in [1.82, 2.24) is 10.6 Å². The second-order valence-corrected chi connectivity index (χ2v) is 8.19. The lowest BCUT2D eigenvalue weighted by molar-refractivity contribution is 0.321. The molecule has 1 atom stereocenters. The summed E-state index contributed by atoms with van der Waals surface area (Å²) in [5.41, 5.74) is 0. The number of halogens is 2. The molecule has 1 heterocycles. The van der Waals surface area contributed by atoms with Gasteiger partial charge in [-0.3, -0.25) is 4.99 Å². The highest BCUT2D eigenvalue weighted by atomic mass is 127. The summed E-state index contributed by atoms with van der Waals surface area (Å²) in [6.07, 6.45) is 0.623. The van der Waals surface area contributed by atoms with E-state index in [2.05, 4.69) is 31.6 Å². The van der Waals surface area contributed by atoms with Crippen LogP contribution >= 0.6 is 39.9 Å². The Morgan fingerprint density at radius 3 is 2.65 bits per heavy atom. The maximum Gasteiger partial charge on any atom is 0.191 e. The molecule has 0 aromatic heterocycles. The number of guanidine groups is 1. The minimum absolute atomic E-state index is 0. The van der Waals surface area contributed by atoms with E-state index in [4.69, 9.17) is 4.74 Å². The van der Waals surface area contributed by atoms with Crippen molar-refractivity contribution < 1.29 is 13.2 Å². The zero-order chi connectivity index (χ0) is 16.0. The number of hydrogen-bond donors (Lipinski definition) is 2. The van der Waals surface area contributed by atoms with E-state index in [1.54, 1.807) is 7.05 Å². The van der Waals surface area contributed by atoms with Crippen LogP contribution in [0, 0.1) is 0 Å². The highest BCUT2D eigenvalue weighted by Crippen LogP contribution is 2.15. The van der Waals surface area contributed by atoms with Crippen LogP contribution in [0.1, 0.15) is 6.42 Å². The molecular formula is C14H21BrIN3O3S. The summed E-state index contributed by atoms with van der Waals surface area (Å²) in [4.78, 5) is 4.09. The molecule has 6 nitrogen and oxygen atoms in total. The Balaban J connectivity index is 0.00000264. The van der Waals surface area contributed by atoms with Crippen LogP contribution in [0.25, 0.3) is 0 Å². The monoisotopic (exact) mass is 517 g/mol. The number of sulfone groups is 1. The summed E-state index contributed by atoms with van der Waals surface area (Å²) in [5, 5.41) is 6.24. The van der Waals surface area contributed by atoms with Gasteiger partial charge in [-0.1, -0.05) is 15.9 Å². The molecule has 1 saturated heterocycles. The molecule has 1 fully saturated rings. The van der Waals surface area contributed by atoms with Gasteiger partial charge in [-0.15, -0.1) is 24.0 Å². The third kappa shape index (κ3) is 7.25. The summed E-state index contributed by atoms with van der Waals surface area (Å²) >= 11 is 3.37. The van der Waals surface area contributed by atoms with E-state index in [0.29, 0.717) is 25.5 Å². The SMILES string of the molecule is CN=C(NCCOc1ccc(Br)cc1)NC1CCS(=O)(=O)C1.I. The summed E-state index contributed by atoms with van der Waals surface area (Å²) in [5.74, 6) is 1.81. The fourth-order valence-electron chi connectivity index (χ4n) is 2.17. The van der Waals surface area contributed by atoms with Gasteiger partial charge in [-0.25, -0.2) is 8.42 Å². The van der Waals surface area contributed by atoms with Gasteiger partial charge in [-0.05, 0) is 30.7 Å². The third-order valence-corrected chi connectivity index (χ3v) is 5.57. The van der Waals surface area contributed by atoms with Crippen molar-refractivity contribution in [2.75, 3.05) is 31.7 Å². The Morgan fingerprint density at radius 2 is 2.09 bits per heavy atom. The molecule has 2 rings (SSSR count). The Labute approximate surface area is 162 Å². The number of benzene rings is 1. The van der Waals surface area contributed by atoms with Crippen LogP contribution < -0.4 is 15.4 Å². The molecule has 1 aliphatic heterocycles. The van der Waals surface area contributed by atoms with E-state index in [-0.39, 0.29) is 41.5 Å². The quantitative estimate of drug-likeness (QED) is 0.269. The molecule has 9 heteroatoms. The van der Waals surface area contributed by atoms with Gasteiger partial charge in [0.2, 0.25) is 0 Å². The van der Waals surface area contributed by atoms with Gasteiger partial charge in [0.1, 0.15) is 12.4 Å². The van der Waals surface area contributed by atoms with E-state index in [9.17, 15) is 8.42 Å². The first-order valence-corrected chi connectivity index (χ1v) is 9.66. The normalized spacial score (nSPS) is 19.7. The van der Waals surface area contributed by atoms with Crippen molar-refractivity contribution in [2.45, 2.75) is 12.5 Å². The van der Waals surface area contributed by atoms with Gasteiger partial charge in [0.25, 0.3) is 0 Å². The number of nitrogens with one attached hydrogen (secondary N) is 2. The predicted octanol–water partition coefficient (Wildman–Crippen LogP) is 1.80. The average Bonchev–Trinajstić information content (AvgIpc) is 2.83. The lowest BCUT2D eigenvalue weighted by atomic mass is 10.3. The molecule has 0 amide bonds. The molecular weight excluding hydrogens is 497 g/mol. The van der Waals surface area contributed by atoms with Crippen molar-refractivity contribution in [3.63, 3.8) is 0 Å². The molecule has 0 spiro atoms. The van der Waals surface area contributed by atoms with Crippen molar-refractivity contribution in [2.24, 2.45) is 4.99 Å². The van der Waals surface area contributed by atoms with Crippen LogP contribution in [-0.2, 0) is 9.84 Å². The summed E-state index contributed by atoms with van der Waals surface area (Å²) < 4.78 is 29.5. The Bertz CT molecular complexity index is 623. The minimum Gasteiger partial charge on any atom is -0.492 e. The first-order chi connectivity index (χ1) is 10.5. The minimum atomic E-state index is -2.89. The molecule has 0 aliphatic carbocycles. The highest BCUT2D eigenvalue weighted by molar-refractivity contribution is 14.0. The highest BCUT2D eigenvalue weighted by Gasteiger charge is 2.28. The van der Waals surface area contributed by atoms with Gasteiger partial charge in [0.15, 0.2) is 15.8 Å². The van der Waals surface area contributed by atoms with Gasteiger partial charge < -0.3 is 15.4 Å². The van der Waals surface area contributed by atoms with Crippen LogP contribution in [0.3, 0.4) is 0 Å². The Morgan fingerprint density at radius 1 is 1.39 bits per heavy atom. The molecule has 0 saturated carbocycles. The first-order valence-electron chi connectivity index (χ1n) is 7.04. The van der Waals surface area contributed by atoms with Crippen molar-refractivity contribution in [1.29, 1.82) is 0 Å². The maximum absolute atomic E-state index is 11.4. The van der Waals surface area contributed by atoms with Crippen molar-refractivity contribution in [3.8, 4) is 5.75 Å². The van der Waals surface area contributed by atoms with Crippen LogP contribution in [-0.4, -0.2) is 52.1 Å². The van der Waals surface area contributed by atoms with E-state index < -0.39 is 9.84 Å².